The van der Waals surface area contributed by atoms with Gasteiger partial charge in [-0.25, -0.2) is 0 Å². The third-order valence-corrected chi connectivity index (χ3v) is 3.11. The molecule has 0 aromatic heterocycles. The Morgan fingerprint density at radius 2 is 2.00 bits per heavy atom. The number of hydrogen-bond donors (Lipinski definition) is 2. The molecule has 0 radical (unpaired) electrons. The summed E-state index contributed by atoms with van der Waals surface area (Å²) in [7, 11) is 3.02. The number of hydrogen-bond acceptors (Lipinski definition) is 5. The lowest BCUT2D eigenvalue weighted by atomic mass is 10.0. The molecule has 1 aromatic rings. The van der Waals surface area contributed by atoms with Crippen LogP contribution in [0.4, 0.5) is 0 Å². The van der Waals surface area contributed by atoms with E-state index in [-0.39, 0.29) is 25.0 Å². The highest BCUT2D eigenvalue weighted by atomic mass is 16.5. The van der Waals surface area contributed by atoms with Gasteiger partial charge in [-0.1, -0.05) is 24.3 Å². The molecule has 112 valence electrons. The molecule has 0 heterocycles. The lowest BCUT2D eigenvalue weighted by molar-refractivity contribution is -0.139. The Kier molecular flexibility index (Phi) is 7.87. The van der Waals surface area contributed by atoms with E-state index >= 15 is 0 Å². The fraction of sp³-hybridized carbons (Fsp3) is 0.533. The number of nitrogens with one attached hydrogen (secondary N) is 1. The van der Waals surface area contributed by atoms with Crippen LogP contribution in [0, 0.1) is 0 Å². The molecule has 0 aliphatic rings. The molecule has 20 heavy (non-hydrogen) atoms. The second-order valence-electron chi connectivity index (χ2n) is 4.57. The highest BCUT2D eigenvalue weighted by Gasteiger charge is 2.10. The van der Waals surface area contributed by atoms with Crippen molar-refractivity contribution in [1.82, 2.24) is 5.32 Å². The predicted octanol–water partition coefficient (Wildman–Crippen LogP) is 0.889. The van der Waals surface area contributed by atoms with Crippen molar-refractivity contribution in [3.8, 4) is 0 Å². The fourth-order valence-corrected chi connectivity index (χ4v) is 1.99. The summed E-state index contributed by atoms with van der Waals surface area (Å²) in [6.45, 7) is 1.28. The minimum Gasteiger partial charge on any atom is -0.469 e. The third kappa shape index (κ3) is 5.69. The summed E-state index contributed by atoms with van der Waals surface area (Å²) in [5.74, 6) is -0.249. The Morgan fingerprint density at radius 1 is 1.30 bits per heavy atom. The van der Waals surface area contributed by atoms with Gasteiger partial charge in [0.15, 0.2) is 0 Å². The van der Waals surface area contributed by atoms with Gasteiger partial charge in [0.05, 0.1) is 20.1 Å². The van der Waals surface area contributed by atoms with E-state index in [0.29, 0.717) is 19.6 Å². The molecule has 5 heteroatoms. The minimum absolute atomic E-state index is 0.0937. The van der Waals surface area contributed by atoms with Crippen molar-refractivity contribution >= 4 is 5.97 Å². The highest BCUT2D eigenvalue weighted by Crippen LogP contribution is 2.10. The zero-order valence-electron chi connectivity index (χ0n) is 12.1. The van der Waals surface area contributed by atoms with Crippen molar-refractivity contribution in [2.75, 3.05) is 27.4 Å². The number of aliphatic hydroxyl groups is 1. The van der Waals surface area contributed by atoms with Gasteiger partial charge in [-0.2, -0.15) is 0 Å². The van der Waals surface area contributed by atoms with Crippen LogP contribution in [0.1, 0.15) is 17.5 Å². The molecular formula is C15H23NO4. The molecule has 0 amide bonds. The van der Waals surface area contributed by atoms with E-state index in [1.165, 1.54) is 7.11 Å². The monoisotopic (exact) mass is 281 g/mol. The molecule has 2 N–H and O–H groups in total. The van der Waals surface area contributed by atoms with Crippen molar-refractivity contribution < 1.29 is 19.4 Å². The van der Waals surface area contributed by atoms with Crippen molar-refractivity contribution in [1.29, 1.82) is 0 Å². The summed E-state index contributed by atoms with van der Waals surface area (Å²) in [5, 5.41) is 12.3. The van der Waals surface area contributed by atoms with E-state index in [4.69, 9.17) is 14.6 Å². The lowest BCUT2D eigenvalue weighted by Crippen LogP contribution is -2.34. The summed E-state index contributed by atoms with van der Waals surface area (Å²) >= 11 is 0. The van der Waals surface area contributed by atoms with Gasteiger partial charge >= 0.3 is 5.97 Å². The second-order valence-corrected chi connectivity index (χ2v) is 4.57. The van der Waals surface area contributed by atoms with Crippen LogP contribution in [0.5, 0.6) is 0 Å². The zero-order valence-corrected chi connectivity index (χ0v) is 12.1. The normalized spacial score (nSPS) is 12.2. The second kappa shape index (κ2) is 9.47. The fourth-order valence-electron chi connectivity index (χ4n) is 1.99. The number of rotatable bonds is 9. The van der Waals surface area contributed by atoms with Crippen LogP contribution in [0.2, 0.25) is 0 Å². The van der Waals surface area contributed by atoms with Crippen molar-refractivity contribution in [2.45, 2.75) is 25.4 Å². The van der Waals surface area contributed by atoms with Crippen LogP contribution >= 0.6 is 0 Å². The first-order valence-corrected chi connectivity index (χ1v) is 6.68. The largest absolute Gasteiger partial charge is 0.469 e. The molecule has 0 aliphatic carbocycles. The van der Waals surface area contributed by atoms with E-state index < -0.39 is 0 Å². The molecule has 0 bridgehead atoms. The van der Waals surface area contributed by atoms with Crippen molar-refractivity contribution in [2.24, 2.45) is 0 Å². The average molecular weight is 281 g/mol. The Balaban J connectivity index is 2.64. The van der Waals surface area contributed by atoms with Crippen LogP contribution < -0.4 is 5.32 Å². The van der Waals surface area contributed by atoms with Crippen LogP contribution in [0.25, 0.3) is 0 Å². The number of aliphatic hydroxyl groups excluding tert-OH is 1. The van der Waals surface area contributed by atoms with Crippen LogP contribution in [0.3, 0.4) is 0 Å². The van der Waals surface area contributed by atoms with Crippen LogP contribution in [-0.2, 0) is 27.2 Å². The first-order chi connectivity index (χ1) is 9.71. The molecule has 0 aliphatic heterocycles. The third-order valence-electron chi connectivity index (χ3n) is 3.11. The predicted molar refractivity (Wildman–Crippen MR) is 76.4 cm³/mol. The van der Waals surface area contributed by atoms with Gasteiger partial charge in [-0.3, -0.25) is 4.79 Å². The zero-order chi connectivity index (χ0) is 14.8. The Morgan fingerprint density at radius 3 is 2.60 bits per heavy atom. The number of carbonyl (C=O) groups is 1. The van der Waals surface area contributed by atoms with Gasteiger partial charge in [0.25, 0.3) is 0 Å². The molecule has 0 saturated carbocycles. The van der Waals surface area contributed by atoms with E-state index in [0.717, 1.165) is 11.1 Å². The van der Waals surface area contributed by atoms with E-state index in [2.05, 4.69) is 5.32 Å². The SMILES string of the molecule is COCC(CCO)NCc1ccccc1CC(=O)OC. The Hall–Kier alpha value is -1.43. The van der Waals surface area contributed by atoms with Crippen molar-refractivity contribution in [3.63, 3.8) is 0 Å². The summed E-state index contributed by atoms with van der Waals surface area (Å²) in [6, 6.07) is 7.84. The summed E-state index contributed by atoms with van der Waals surface area (Å²) in [5.41, 5.74) is 2.00. The van der Waals surface area contributed by atoms with E-state index in [1.54, 1.807) is 7.11 Å². The molecule has 1 atom stereocenters. The Labute approximate surface area is 119 Å². The van der Waals surface area contributed by atoms with Gasteiger partial charge in [-0.15, -0.1) is 0 Å². The molecule has 0 fully saturated rings. The highest BCUT2D eigenvalue weighted by molar-refractivity contribution is 5.72. The maximum absolute atomic E-state index is 11.4. The average Bonchev–Trinajstić information content (AvgIpc) is 2.46. The number of esters is 1. The van der Waals surface area contributed by atoms with E-state index in [9.17, 15) is 4.79 Å². The lowest BCUT2D eigenvalue weighted by Gasteiger charge is -2.18. The van der Waals surface area contributed by atoms with Crippen LogP contribution in [-0.4, -0.2) is 44.6 Å². The molecule has 1 rings (SSSR count). The maximum atomic E-state index is 11.4. The minimum atomic E-state index is -0.249. The molecule has 0 saturated heterocycles. The summed E-state index contributed by atoms with van der Waals surface area (Å²) in [4.78, 5) is 11.4. The first-order valence-electron chi connectivity index (χ1n) is 6.68. The number of ether oxygens (including phenoxy) is 2. The molecule has 1 aromatic carbocycles. The number of methoxy groups -OCH3 is 2. The smallest absolute Gasteiger partial charge is 0.309 e. The first kappa shape index (κ1) is 16.6. The summed E-state index contributed by atoms with van der Waals surface area (Å²) in [6.07, 6.45) is 0.899. The molecule has 1 unspecified atom stereocenters. The van der Waals surface area contributed by atoms with Crippen LogP contribution in [0.15, 0.2) is 24.3 Å². The van der Waals surface area contributed by atoms with E-state index in [1.807, 2.05) is 24.3 Å². The summed E-state index contributed by atoms with van der Waals surface area (Å²) < 4.78 is 9.81. The van der Waals surface area contributed by atoms with Gasteiger partial charge in [0.2, 0.25) is 0 Å². The standard InChI is InChI=1S/C15H23NO4/c1-19-11-14(7-8-17)16-10-13-6-4-3-5-12(13)9-15(18)20-2/h3-6,14,16-17H,7-11H2,1-2H3. The number of carbonyl (C=O) groups excluding carboxylic acids is 1. The van der Waals surface area contributed by atoms with Gasteiger partial charge < -0.3 is 19.9 Å². The number of benzene rings is 1. The quantitative estimate of drug-likeness (QED) is 0.658. The molecule has 5 nitrogen and oxygen atoms in total. The topological polar surface area (TPSA) is 67.8 Å². The van der Waals surface area contributed by atoms with Gasteiger partial charge in [0, 0.05) is 26.3 Å². The Bertz CT molecular complexity index is 403. The molecule has 0 spiro atoms. The molecular weight excluding hydrogens is 258 g/mol. The van der Waals surface area contributed by atoms with Crippen molar-refractivity contribution in [3.05, 3.63) is 35.4 Å². The van der Waals surface area contributed by atoms with Gasteiger partial charge in [-0.05, 0) is 17.5 Å². The van der Waals surface area contributed by atoms with Gasteiger partial charge in [0.1, 0.15) is 0 Å². The maximum Gasteiger partial charge on any atom is 0.309 e.